The van der Waals surface area contributed by atoms with Gasteiger partial charge < -0.3 is 5.32 Å². The van der Waals surface area contributed by atoms with Gasteiger partial charge in [-0.3, -0.25) is 0 Å². The maximum absolute atomic E-state index is 12.0. The van der Waals surface area contributed by atoms with E-state index in [-0.39, 0.29) is 0 Å². The van der Waals surface area contributed by atoms with Crippen LogP contribution >= 0.6 is 0 Å². The van der Waals surface area contributed by atoms with Crippen LogP contribution in [-0.4, -0.2) is 15.5 Å². The Morgan fingerprint density at radius 1 is 1.05 bits per heavy atom. The highest BCUT2D eigenvalue weighted by molar-refractivity contribution is 7.89. The van der Waals surface area contributed by atoms with Crippen molar-refractivity contribution in [1.29, 1.82) is 0 Å². The molecule has 112 valence electrons. The first-order chi connectivity index (χ1) is 9.92. The van der Waals surface area contributed by atoms with E-state index >= 15 is 0 Å². The fourth-order valence-corrected chi connectivity index (χ4v) is 3.13. The molecule has 0 fully saturated rings. The van der Waals surface area contributed by atoms with E-state index in [1.807, 2.05) is 37.3 Å². The van der Waals surface area contributed by atoms with Gasteiger partial charge >= 0.3 is 0 Å². The molecule has 2 N–H and O–H groups in total. The molecule has 0 saturated heterocycles. The van der Waals surface area contributed by atoms with Crippen LogP contribution in [0.15, 0.2) is 47.4 Å². The summed E-state index contributed by atoms with van der Waals surface area (Å²) in [7, 11) is -2.01. The maximum atomic E-state index is 12.0. The third kappa shape index (κ3) is 3.83. The van der Waals surface area contributed by atoms with Crippen molar-refractivity contribution < 1.29 is 8.42 Å². The minimum atomic E-state index is -3.43. The Labute approximate surface area is 126 Å². The summed E-state index contributed by atoms with van der Waals surface area (Å²) in [5.74, 6) is 0. The van der Waals surface area contributed by atoms with Crippen LogP contribution in [0.25, 0.3) is 0 Å². The summed E-state index contributed by atoms with van der Waals surface area (Å²) in [6.07, 6.45) is 0. The topological polar surface area (TPSA) is 58.2 Å². The average molecular weight is 304 g/mol. The third-order valence-electron chi connectivity index (χ3n) is 3.33. The van der Waals surface area contributed by atoms with Crippen molar-refractivity contribution in [1.82, 2.24) is 4.72 Å². The van der Waals surface area contributed by atoms with Gasteiger partial charge in [-0.15, -0.1) is 0 Å². The number of hydrogen-bond donors (Lipinski definition) is 2. The summed E-state index contributed by atoms with van der Waals surface area (Å²) in [5.41, 5.74) is 3.88. The van der Waals surface area contributed by atoms with Crippen LogP contribution in [0.1, 0.15) is 16.7 Å². The zero-order valence-corrected chi connectivity index (χ0v) is 13.3. The zero-order valence-electron chi connectivity index (χ0n) is 12.5. The van der Waals surface area contributed by atoms with Gasteiger partial charge in [0, 0.05) is 12.2 Å². The summed E-state index contributed by atoms with van der Waals surface area (Å²) < 4.78 is 26.3. The number of nitrogens with one attached hydrogen (secondary N) is 2. The molecule has 0 spiro atoms. The van der Waals surface area contributed by atoms with E-state index in [0.717, 1.165) is 16.8 Å². The molecule has 0 atom stereocenters. The molecule has 0 bridgehead atoms. The van der Waals surface area contributed by atoms with Gasteiger partial charge in [0.15, 0.2) is 0 Å². The van der Waals surface area contributed by atoms with E-state index in [4.69, 9.17) is 0 Å². The number of anilines is 1. The molecule has 0 unspecified atom stereocenters. The molecule has 0 radical (unpaired) electrons. The van der Waals surface area contributed by atoms with Gasteiger partial charge in [-0.05, 0) is 44.2 Å². The van der Waals surface area contributed by atoms with Crippen LogP contribution in [0.4, 0.5) is 5.69 Å². The van der Waals surface area contributed by atoms with Gasteiger partial charge in [0.2, 0.25) is 10.0 Å². The largest absolute Gasteiger partial charge is 0.381 e. The number of rotatable bonds is 5. The summed E-state index contributed by atoms with van der Waals surface area (Å²) in [5, 5.41) is 3.26. The molecule has 5 heteroatoms. The molecular weight excluding hydrogens is 284 g/mol. The zero-order chi connectivity index (χ0) is 15.5. The standard InChI is InChI=1S/C16H20N2O2S/c1-12-5-4-6-14(9-12)11-18-15-8-7-13(2)16(10-15)21(19,20)17-3/h4-10,17-18H,11H2,1-3H3. The lowest BCUT2D eigenvalue weighted by atomic mass is 10.1. The van der Waals surface area contributed by atoms with Crippen LogP contribution in [0.2, 0.25) is 0 Å². The second-order valence-corrected chi connectivity index (χ2v) is 6.89. The van der Waals surface area contributed by atoms with Gasteiger partial charge in [0.1, 0.15) is 0 Å². The molecule has 2 rings (SSSR count). The van der Waals surface area contributed by atoms with E-state index < -0.39 is 10.0 Å². The van der Waals surface area contributed by atoms with Gasteiger partial charge in [0.05, 0.1) is 4.90 Å². The van der Waals surface area contributed by atoms with Crippen molar-refractivity contribution >= 4 is 15.7 Å². The molecule has 21 heavy (non-hydrogen) atoms. The van der Waals surface area contributed by atoms with Gasteiger partial charge in [-0.25, -0.2) is 13.1 Å². The first-order valence-corrected chi connectivity index (χ1v) is 8.24. The number of benzene rings is 2. The lowest BCUT2D eigenvalue weighted by molar-refractivity contribution is 0.587. The quantitative estimate of drug-likeness (QED) is 0.893. The minimum Gasteiger partial charge on any atom is -0.381 e. The molecule has 0 aliphatic heterocycles. The fourth-order valence-electron chi connectivity index (χ4n) is 2.14. The Morgan fingerprint density at radius 2 is 1.81 bits per heavy atom. The molecule has 0 aromatic heterocycles. The molecule has 2 aromatic carbocycles. The molecule has 2 aromatic rings. The molecular formula is C16H20N2O2S. The molecule has 0 aliphatic carbocycles. The van der Waals surface area contributed by atoms with Crippen molar-refractivity contribution in [3.63, 3.8) is 0 Å². The minimum absolute atomic E-state index is 0.305. The molecule has 0 aliphatic rings. The first-order valence-electron chi connectivity index (χ1n) is 6.76. The maximum Gasteiger partial charge on any atom is 0.240 e. The Kier molecular flexibility index (Phi) is 4.65. The lowest BCUT2D eigenvalue weighted by Gasteiger charge is -2.11. The van der Waals surface area contributed by atoms with E-state index in [9.17, 15) is 8.42 Å². The highest BCUT2D eigenvalue weighted by Gasteiger charge is 2.14. The van der Waals surface area contributed by atoms with Crippen LogP contribution in [0.5, 0.6) is 0 Å². The summed E-state index contributed by atoms with van der Waals surface area (Å²) >= 11 is 0. The molecule has 0 amide bonds. The van der Waals surface area contributed by atoms with E-state index in [1.165, 1.54) is 12.6 Å². The Morgan fingerprint density at radius 3 is 2.48 bits per heavy atom. The monoisotopic (exact) mass is 304 g/mol. The number of sulfonamides is 1. The second-order valence-electron chi connectivity index (χ2n) is 5.03. The van der Waals surface area contributed by atoms with Crippen molar-refractivity contribution in [3.05, 3.63) is 59.2 Å². The van der Waals surface area contributed by atoms with Crippen molar-refractivity contribution in [2.45, 2.75) is 25.3 Å². The summed E-state index contributed by atoms with van der Waals surface area (Å²) in [6, 6.07) is 13.6. The van der Waals surface area contributed by atoms with Crippen LogP contribution in [0.3, 0.4) is 0 Å². The Bertz CT molecular complexity index is 740. The lowest BCUT2D eigenvalue weighted by Crippen LogP contribution is -2.19. The van der Waals surface area contributed by atoms with Crippen LogP contribution < -0.4 is 10.0 Å². The predicted molar refractivity (Wildman–Crippen MR) is 85.9 cm³/mol. The summed E-state index contributed by atoms with van der Waals surface area (Å²) in [4.78, 5) is 0.305. The fraction of sp³-hybridized carbons (Fsp3) is 0.250. The molecule has 0 saturated carbocycles. The SMILES string of the molecule is CNS(=O)(=O)c1cc(NCc2cccc(C)c2)ccc1C. The Balaban J connectivity index is 2.20. The van der Waals surface area contributed by atoms with Crippen molar-refractivity contribution in [2.24, 2.45) is 0 Å². The second kappa shape index (κ2) is 6.28. The average Bonchev–Trinajstić information content (AvgIpc) is 2.46. The first kappa shape index (κ1) is 15.5. The summed E-state index contributed by atoms with van der Waals surface area (Å²) in [6.45, 7) is 4.49. The van der Waals surface area contributed by atoms with E-state index in [2.05, 4.69) is 16.1 Å². The molecule has 4 nitrogen and oxygen atoms in total. The van der Waals surface area contributed by atoms with Gasteiger partial charge in [-0.2, -0.15) is 0 Å². The van der Waals surface area contributed by atoms with Gasteiger partial charge in [-0.1, -0.05) is 35.9 Å². The third-order valence-corrected chi connectivity index (χ3v) is 4.88. The Hall–Kier alpha value is -1.85. The predicted octanol–water partition coefficient (Wildman–Crippen LogP) is 2.82. The van der Waals surface area contributed by atoms with Gasteiger partial charge in [0.25, 0.3) is 0 Å². The van der Waals surface area contributed by atoms with E-state index in [0.29, 0.717) is 11.4 Å². The highest BCUT2D eigenvalue weighted by Crippen LogP contribution is 2.20. The molecule has 0 heterocycles. The van der Waals surface area contributed by atoms with E-state index in [1.54, 1.807) is 13.0 Å². The van der Waals surface area contributed by atoms with Crippen LogP contribution in [0, 0.1) is 13.8 Å². The van der Waals surface area contributed by atoms with Crippen LogP contribution in [-0.2, 0) is 16.6 Å². The normalized spacial score (nSPS) is 11.4. The van der Waals surface area contributed by atoms with Crippen molar-refractivity contribution in [3.8, 4) is 0 Å². The number of hydrogen-bond acceptors (Lipinski definition) is 3. The smallest absolute Gasteiger partial charge is 0.240 e. The number of aryl methyl sites for hydroxylation is 2. The van der Waals surface area contributed by atoms with Crippen molar-refractivity contribution in [2.75, 3.05) is 12.4 Å². The highest BCUT2D eigenvalue weighted by atomic mass is 32.2.